The fraction of sp³-hybridized carbons (Fsp3) is 0.250. The monoisotopic (exact) mass is 519 g/mol. The molecule has 0 radical (unpaired) electrons. The minimum atomic E-state index is -4.65. The normalized spacial score (nSPS) is 11.6. The second-order valence-electron chi connectivity index (χ2n) is 6.57. The van der Waals surface area contributed by atoms with Crippen molar-refractivity contribution in [1.29, 1.82) is 0 Å². The van der Waals surface area contributed by atoms with Gasteiger partial charge in [-0.3, -0.25) is 9.48 Å². The summed E-state index contributed by atoms with van der Waals surface area (Å²) in [5, 5.41) is 3.48. The van der Waals surface area contributed by atoms with Crippen LogP contribution in [0.1, 0.15) is 28.7 Å². The average molecular weight is 520 g/mol. The number of halogens is 6. The molecule has 2 heterocycles. The predicted molar refractivity (Wildman–Crippen MR) is 107 cm³/mol. The van der Waals surface area contributed by atoms with E-state index in [2.05, 4.69) is 21.0 Å². The summed E-state index contributed by atoms with van der Waals surface area (Å²) in [6.07, 6.45) is -3.57. The lowest BCUT2D eigenvalue weighted by Gasteiger charge is -2.22. The van der Waals surface area contributed by atoms with Crippen molar-refractivity contribution >= 4 is 21.9 Å². The Hall–Kier alpha value is -3.02. The zero-order valence-corrected chi connectivity index (χ0v) is 18.2. The molecule has 3 aromatic rings. The molecule has 0 saturated carbocycles. The second-order valence-corrected chi connectivity index (χ2v) is 7.37. The van der Waals surface area contributed by atoms with Gasteiger partial charge in [-0.05, 0) is 47.1 Å². The maximum absolute atomic E-state index is 13.9. The van der Waals surface area contributed by atoms with Crippen molar-refractivity contribution in [2.75, 3.05) is 7.11 Å². The Kier molecular flexibility index (Phi) is 6.54. The van der Waals surface area contributed by atoms with Crippen LogP contribution in [0, 0.1) is 11.6 Å². The van der Waals surface area contributed by atoms with E-state index in [4.69, 9.17) is 4.74 Å². The number of carbonyl (C=O) groups is 1. The zero-order valence-electron chi connectivity index (χ0n) is 16.6. The Morgan fingerprint density at radius 3 is 2.41 bits per heavy atom. The largest absolute Gasteiger partial charge is 0.465 e. The SMILES string of the molecule is CCn1c(Cn2ccc(C(F)(F)F)n2)c(Br)c(=O)c(C(=O)OC)c1-c1ccc(F)c(F)c1. The number of alkyl halides is 3. The van der Waals surface area contributed by atoms with Crippen LogP contribution in [0.2, 0.25) is 0 Å². The van der Waals surface area contributed by atoms with Crippen LogP contribution in [-0.4, -0.2) is 27.4 Å². The fourth-order valence-electron chi connectivity index (χ4n) is 3.23. The highest BCUT2D eigenvalue weighted by molar-refractivity contribution is 9.10. The molecule has 0 aliphatic rings. The van der Waals surface area contributed by atoms with Crippen molar-refractivity contribution in [3.63, 3.8) is 0 Å². The summed E-state index contributed by atoms with van der Waals surface area (Å²) in [6.45, 7) is 1.49. The number of rotatable bonds is 5. The van der Waals surface area contributed by atoms with E-state index in [1.54, 1.807) is 6.92 Å². The topological polar surface area (TPSA) is 66.1 Å². The van der Waals surface area contributed by atoms with E-state index < -0.39 is 40.5 Å². The van der Waals surface area contributed by atoms with Crippen molar-refractivity contribution in [2.24, 2.45) is 0 Å². The van der Waals surface area contributed by atoms with E-state index in [-0.39, 0.29) is 34.5 Å². The first-order valence-corrected chi connectivity index (χ1v) is 9.88. The van der Waals surface area contributed by atoms with Crippen LogP contribution in [0.4, 0.5) is 22.0 Å². The van der Waals surface area contributed by atoms with Gasteiger partial charge in [0.1, 0.15) is 5.56 Å². The molecule has 0 bridgehead atoms. The summed E-state index contributed by atoms with van der Waals surface area (Å²) < 4.78 is 73.2. The summed E-state index contributed by atoms with van der Waals surface area (Å²) in [6, 6.07) is 3.61. The zero-order chi connectivity index (χ0) is 23.8. The van der Waals surface area contributed by atoms with Gasteiger partial charge in [-0.15, -0.1) is 0 Å². The lowest BCUT2D eigenvalue weighted by molar-refractivity contribution is -0.141. The summed E-state index contributed by atoms with van der Waals surface area (Å²) in [5.41, 5.74) is -2.27. The van der Waals surface area contributed by atoms with Gasteiger partial charge in [0.15, 0.2) is 17.3 Å². The minimum absolute atomic E-state index is 0.00782. The molecular weight excluding hydrogens is 505 g/mol. The van der Waals surface area contributed by atoms with Gasteiger partial charge in [-0.25, -0.2) is 13.6 Å². The molecule has 0 spiro atoms. The molecule has 3 rings (SSSR count). The molecule has 6 nitrogen and oxygen atoms in total. The Labute approximate surface area is 186 Å². The van der Waals surface area contributed by atoms with Gasteiger partial charge in [-0.1, -0.05) is 0 Å². The molecule has 0 atom stereocenters. The number of nitrogens with zero attached hydrogens (tertiary/aromatic N) is 3. The summed E-state index contributed by atoms with van der Waals surface area (Å²) in [4.78, 5) is 25.4. The van der Waals surface area contributed by atoms with E-state index in [1.165, 1.54) is 10.6 Å². The first kappa shape index (κ1) is 23.6. The molecule has 0 N–H and O–H groups in total. The summed E-state index contributed by atoms with van der Waals surface area (Å²) in [5.74, 6) is -3.35. The van der Waals surface area contributed by atoms with Crippen LogP contribution in [-0.2, 0) is 24.0 Å². The minimum Gasteiger partial charge on any atom is -0.465 e. The van der Waals surface area contributed by atoms with Gasteiger partial charge in [0, 0.05) is 18.3 Å². The molecule has 32 heavy (non-hydrogen) atoms. The molecule has 2 aromatic heterocycles. The number of ether oxygens (including phenoxy) is 1. The van der Waals surface area contributed by atoms with Crippen LogP contribution in [0.15, 0.2) is 39.7 Å². The van der Waals surface area contributed by atoms with Gasteiger partial charge in [0.25, 0.3) is 0 Å². The number of benzene rings is 1. The predicted octanol–water partition coefficient (Wildman–Crippen LogP) is 4.63. The highest BCUT2D eigenvalue weighted by Gasteiger charge is 2.34. The van der Waals surface area contributed by atoms with E-state index in [1.807, 2.05) is 0 Å². The number of esters is 1. The Morgan fingerprint density at radius 1 is 1.19 bits per heavy atom. The quantitative estimate of drug-likeness (QED) is 0.364. The third-order valence-electron chi connectivity index (χ3n) is 4.65. The van der Waals surface area contributed by atoms with Crippen molar-refractivity contribution in [3.8, 4) is 11.3 Å². The first-order valence-electron chi connectivity index (χ1n) is 9.09. The number of carbonyl (C=O) groups excluding carboxylic acids is 1. The smallest absolute Gasteiger partial charge is 0.435 e. The molecule has 12 heteroatoms. The molecule has 0 fully saturated rings. The van der Waals surface area contributed by atoms with E-state index in [9.17, 15) is 31.5 Å². The number of pyridine rings is 1. The number of hydrogen-bond donors (Lipinski definition) is 0. The van der Waals surface area contributed by atoms with Crippen LogP contribution >= 0.6 is 15.9 Å². The molecule has 0 amide bonds. The summed E-state index contributed by atoms with van der Waals surface area (Å²) in [7, 11) is 1.05. The third-order valence-corrected chi connectivity index (χ3v) is 5.47. The maximum Gasteiger partial charge on any atom is 0.435 e. The van der Waals surface area contributed by atoms with E-state index in [0.29, 0.717) is 0 Å². The van der Waals surface area contributed by atoms with Gasteiger partial charge in [-0.2, -0.15) is 18.3 Å². The van der Waals surface area contributed by atoms with Crippen molar-refractivity contribution in [1.82, 2.24) is 14.3 Å². The number of methoxy groups -OCH3 is 1. The molecule has 0 aliphatic carbocycles. The van der Waals surface area contributed by atoms with Crippen LogP contribution in [0.5, 0.6) is 0 Å². The van der Waals surface area contributed by atoms with Crippen LogP contribution in [0.3, 0.4) is 0 Å². The Morgan fingerprint density at radius 2 is 1.88 bits per heavy atom. The first-order chi connectivity index (χ1) is 15.0. The lowest BCUT2D eigenvalue weighted by atomic mass is 10.0. The molecule has 0 unspecified atom stereocenters. The Bertz CT molecular complexity index is 1250. The molecule has 1 aromatic carbocycles. The van der Waals surface area contributed by atoms with Crippen molar-refractivity contribution in [3.05, 3.63) is 73.7 Å². The average Bonchev–Trinajstić information content (AvgIpc) is 3.22. The standard InChI is InChI=1S/C20H15BrF5N3O3/c1-3-29-13(9-28-7-6-14(27-28)20(24,25)26)16(21)18(30)15(19(31)32-2)17(29)10-4-5-11(22)12(23)8-10/h4-8H,3,9H2,1-2H3. The van der Waals surface area contributed by atoms with Crippen LogP contribution in [0.25, 0.3) is 11.3 Å². The van der Waals surface area contributed by atoms with E-state index in [0.717, 1.165) is 36.2 Å². The van der Waals surface area contributed by atoms with Crippen LogP contribution < -0.4 is 5.43 Å². The highest BCUT2D eigenvalue weighted by atomic mass is 79.9. The van der Waals surface area contributed by atoms with Crippen molar-refractivity contribution in [2.45, 2.75) is 26.2 Å². The summed E-state index contributed by atoms with van der Waals surface area (Å²) >= 11 is 3.12. The molecular formula is C20H15BrF5N3O3. The molecule has 0 aliphatic heterocycles. The number of hydrogen-bond acceptors (Lipinski definition) is 4. The number of aromatic nitrogens is 3. The maximum atomic E-state index is 13.9. The van der Waals surface area contributed by atoms with Gasteiger partial charge >= 0.3 is 12.1 Å². The fourth-order valence-corrected chi connectivity index (χ4v) is 3.77. The van der Waals surface area contributed by atoms with Gasteiger partial charge in [0.2, 0.25) is 5.43 Å². The molecule has 0 saturated heterocycles. The third kappa shape index (κ3) is 4.31. The second kappa shape index (κ2) is 8.85. The Balaban J connectivity index is 2.30. The van der Waals surface area contributed by atoms with Crippen molar-refractivity contribution < 1.29 is 31.5 Å². The lowest BCUT2D eigenvalue weighted by Crippen LogP contribution is -2.27. The highest BCUT2D eigenvalue weighted by Crippen LogP contribution is 2.30. The van der Waals surface area contributed by atoms with Gasteiger partial charge in [0.05, 0.1) is 29.5 Å². The molecule has 170 valence electrons. The van der Waals surface area contributed by atoms with E-state index >= 15 is 0 Å². The van der Waals surface area contributed by atoms with Gasteiger partial charge < -0.3 is 9.30 Å².